The summed E-state index contributed by atoms with van der Waals surface area (Å²) in [5, 5.41) is 10.3. The topological polar surface area (TPSA) is 33.1 Å². The van der Waals surface area contributed by atoms with Crippen molar-refractivity contribution in [3.8, 4) is 11.3 Å². The van der Waals surface area contributed by atoms with Crippen molar-refractivity contribution in [1.82, 2.24) is 4.98 Å². The van der Waals surface area contributed by atoms with Gasteiger partial charge < -0.3 is 5.11 Å². The third-order valence-corrected chi connectivity index (χ3v) is 5.56. The van der Waals surface area contributed by atoms with Crippen LogP contribution in [0.2, 0.25) is 10.0 Å². The number of hydrogen-bond donors (Lipinski definition) is 1. The number of rotatable bonds is 5. The van der Waals surface area contributed by atoms with Gasteiger partial charge in [-0.2, -0.15) is 0 Å². The number of nitrogens with zero attached hydrogens (tertiary/aromatic N) is 1. The molecule has 1 heterocycles. The summed E-state index contributed by atoms with van der Waals surface area (Å²) >= 11 is 12.4. The summed E-state index contributed by atoms with van der Waals surface area (Å²) < 4.78 is 0. The Bertz CT molecular complexity index is 950. The molecule has 5 heteroatoms. The van der Waals surface area contributed by atoms with Crippen LogP contribution in [0.3, 0.4) is 0 Å². The van der Waals surface area contributed by atoms with Crippen LogP contribution in [0.4, 0.5) is 0 Å². The van der Waals surface area contributed by atoms with Crippen LogP contribution in [-0.4, -0.2) is 16.7 Å². The van der Waals surface area contributed by atoms with Gasteiger partial charge in [-0.3, -0.25) is 4.98 Å². The number of hydrogen-bond acceptors (Lipinski definition) is 2. The number of aliphatic hydroxyl groups excluding tert-OH is 1. The maximum absolute atomic E-state index is 9.08. The van der Waals surface area contributed by atoms with E-state index in [0.717, 1.165) is 42.5 Å². The standard InChI is InChI=1S/C23H21Cl2NO.ClH/c24-19-11-18(12-20(25)14-19)23-13-17(21-2-1-3-22(21)26-23)10-16-6-4-15(5-7-16)8-9-27;/h4-7,11-14,27H,1-3,8-10H2;1H. The number of halogens is 3. The van der Waals surface area contributed by atoms with E-state index < -0.39 is 0 Å². The Morgan fingerprint density at radius 2 is 1.57 bits per heavy atom. The zero-order valence-corrected chi connectivity index (χ0v) is 17.7. The number of fused-ring (bicyclic) bond motifs is 1. The quantitative estimate of drug-likeness (QED) is 0.527. The van der Waals surface area contributed by atoms with Gasteiger partial charge in [-0.05, 0) is 78.6 Å². The summed E-state index contributed by atoms with van der Waals surface area (Å²) in [6.45, 7) is 0.183. The normalized spacial score (nSPS) is 12.5. The Hall–Kier alpha value is -1.58. The molecule has 1 aliphatic carbocycles. The lowest BCUT2D eigenvalue weighted by atomic mass is 9.96. The molecule has 0 aliphatic heterocycles. The van der Waals surface area contributed by atoms with E-state index in [4.69, 9.17) is 33.3 Å². The molecule has 2 aromatic carbocycles. The van der Waals surface area contributed by atoms with Crippen molar-refractivity contribution < 1.29 is 5.11 Å². The largest absolute Gasteiger partial charge is 0.396 e. The van der Waals surface area contributed by atoms with Crippen molar-refractivity contribution in [2.75, 3.05) is 6.61 Å². The van der Waals surface area contributed by atoms with Gasteiger partial charge in [0.1, 0.15) is 0 Å². The fourth-order valence-electron chi connectivity index (χ4n) is 3.81. The summed E-state index contributed by atoms with van der Waals surface area (Å²) in [6.07, 6.45) is 4.86. The van der Waals surface area contributed by atoms with Gasteiger partial charge in [0.05, 0.1) is 5.69 Å². The Kier molecular flexibility index (Phi) is 7.00. The van der Waals surface area contributed by atoms with E-state index in [0.29, 0.717) is 16.5 Å². The Balaban J connectivity index is 0.00000225. The van der Waals surface area contributed by atoms with Crippen molar-refractivity contribution in [3.63, 3.8) is 0 Å². The molecule has 0 fully saturated rings. The summed E-state index contributed by atoms with van der Waals surface area (Å²) in [5.41, 5.74) is 8.26. The first-order valence-electron chi connectivity index (χ1n) is 9.29. The lowest BCUT2D eigenvalue weighted by Gasteiger charge is -2.13. The fraction of sp³-hybridized carbons (Fsp3) is 0.261. The van der Waals surface area contributed by atoms with E-state index >= 15 is 0 Å². The van der Waals surface area contributed by atoms with Crippen molar-refractivity contribution in [1.29, 1.82) is 0 Å². The lowest BCUT2D eigenvalue weighted by Crippen LogP contribution is -2.00. The van der Waals surface area contributed by atoms with Gasteiger partial charge in [-0.25, -0.2) is 0 Å². The highest BCUT2D eigenvalue weighted by molar-refractivity contribution is 6.35. The molecule has 0 radical (unpaired) electrons. The molecule has 0 unspecified atom stereocenters. The summed E-state index contributed by atoms with van der Waals surface area (Å²) in [4.78, 5) is 4.90. The van der Waals surface area contributed by atoms with Crippen LogP contribution >= 0.6 is 35.6 Å². The minimum atomic E-state index is 0. The molecule has 0 spiro atoms. The van der Waals surface area contributed by atoms with Crippen molar-refractivity contribution >= 4 is 35.6 Å². The van der Waals surface area contributed by atoms with Gasteiger partial charge in [-0.1, -0.05) is 47.5 Å². The highest BCUT2D eigenvalue weighted by atomic mass is 35.5. The molecular formula is C23H22Cl3NO. The Morgan fingerprint density at radius 1 is 0.893 bits per heavy atom. The fourth-order valence-corrected chi connectivity index (χ4v) is 4.33. The van der Waals surface area contributed by atoms with Gasteiger partial charge in [0.25, 0.3) is 0 Å². The molecule has 2 nitrogen and oxygen atoms in total. The zero-order valence-electron chi connectivity index (χ0n) is 15.4. The highest BCUT2D eigenvalue weighted by Crippen LogP contribution is 2.32. The average molecular weight is 435 g/mol. The molecule has 0 saturated heterocycles. The van der Waals surface area contributed by atoms with Gasteiger partial charge in [0.15, 0.2) is 0 Å². The number of aromatic nitrogens is 1. The molecule has 0 bridgehead atoms. The van der Waals surface area contributed by atoms with Crippen LogP contribution in [0.1, 0.15) is 34.4 Å². The van der Waals surface area contributed by atoms with Gasteiger partial charge >= 0.3 is 0 Å². The molecule has 0 saturated carbocycles. The first-order chi connectivity index (χ1) is 13.1. The second-order valence-electron chi connectivity index (χ2n) is 7.07. The molecule has 146 valence electrons. The molecule has 0 atom stereocenters. The van der Waals surface area contributed by atoms with Crippen LogP contribution in [0, 0.1) is 0 Å². The van der Waals surface area contributed by atoms with Crippen molar-refractivity contribution in [2.24, 2.45) is 0 Å². The maximum atomic E-state index is 9.08. The van der Waals surface area contributed by atoms with Gasteiger partial charge in [0.2, 0.25) is 0 Å². The van der Waals surface area contributed by atoms with E-state index in [1.807, 2.05) is 12.1 Å². The number of benzene rings is 2. The highest BCUT2D eigenvalue weighted by Gasteiger charge is 2.19. The Morgan fingerprint density at radius 3 is 2.25 bits per heavy atom. The van der Waals surface area contributed by atoms with Crippen molar-refractivity contribution in [3.05, 3.63) is 86.5 Å². The third-order valence-electron chi connectivity index (χ3n) is 5.12. The number of aliphatic hydroxyl groups is 1. The minimum absolute atomic E-state index is 0. The molecule has 1 N–H and O–H groups in total. The maximum Gasteiger partial charge on any atom is 0.0709 e. The second kappa shape index (κ2) is 9.28. The summed E-state index contributed by atoms with van der Waals surface area (Å²) in [6, 6.07) is 16.3. The average Bonchev–Trinajstić information content (AvgIpc) is 3.12. The third kappa shape index (κ3) is 4.69. The Labute approximate surface area is 182 Å². The van der Waals surface area contributed by atoms with Crippen LogP contribution in [-0.2, 0) is 25.7 Å². The monoisotopic (exact) mass is 433 g/mol. The SMILES string of the molecule is Cl.OCCc1ccc(Cc2cc(-c3cc(Cl)cc(Cl)c3)nc3c2CCC3)cc1. The summed E-state index contributed by atoms with van der Waals surface area (Å²) in [7, 11) is 0. The van der Waals surface area contributed by atoms with E-state index in [1.54, 1.807) is 6.07 Å². The van der Waals surface area contributed by atoms with Crippen LogP contribution in [0.15, 0.2) is 48.5 Å². The van der Waals surface area contributed by atoms with Crippen LogP contribution in [0.5, 0.6) is 0 Å². The van der Waals surface area contributed by atoms with E-state index in [1.165, 1.54) is 22.4 Å². The van der Waals surface area contributed by atoms with Crippen LogP contribution < -0.4 is 0 Å². The molecule has 28 heavy (non-hydrogen) atoms. The molecule has 0 amide bonds. The predicted octanol–water partition coefficient (Wildman–Crippen LogP) is 6.09. The second-order valence-corrected chi connectivity index (χ2v) is 7.94. The lowest BCUT2D eigenvalue weighted by molar-refractivity contribution is 0.299. The molecular weight excluding hydrogens is 413 g/mol. The van der Waals surface area contributed by atoms with Crippen molar-refractivity contribution in [2.45, 2.75) is 32.1 Å². The molecule has 4 rings (SSSR count). The molecule has 3 aromatic rings. The van der Waals surface area contributed by atoms with E-state index in [9.17, 15) is 0 Å². The summed E-state index contributed by atoms with van der Waals surface area (Å²) in [5.74, 6) is 0. The van der Waals surface area contributed by atoms with E-state index in [-0.39, 0.29) is 19.0 Å². The number of pyridine rings is 1. The molecule has 1 aromatic heterocycles. The first kappa shape index (κ1) is 21.1. The van der Waals surface area contributed by atoms with Gasteiger partial charge in [-0.15, -0.1) is 12.4 Å². The van der Waals surface area contributed by atoms with E-state index in [2.05, 4.69) is 30.3 Å². The minimum Gasteiger partial charge on any atom is -0.396 e. The zero-order chi connectivity index (χ0) is 18.8. The number of aryl methyl sites for hydroxylation is 1. The first-order valence-corrected chi connectivity index (χ1v) is 10.0. The predicted molar refractivity (Wildman–Crippen MR) is 119 cm³/mol. The smallest absolute Gasteiger partial charge is 0.0709 e. The van der Waals surface area contributed by atoms with Gasteiger partial charge in [0, 0.05) is 27.9 Å². The molecule has 1 aliphatic rings. The van der Waals surface area contributed by atoms with Crippen LogP contribution in [0.25, 0.3) is 11.3 Å².